The van der Waals surface area contributed by atoms with Crippen LogP contribution >= 0.6 is 12.2 Å². The van der Waals surface area contributed by atoms with Crippen molar-refractivity contribution in [2.24, 2.45) is 11.7 Å². The number of anilines is 1. The highest BCUT2D eigenvalue weighted by molar-refractivity contribution is 7.80. The molecule has 0 aliphatic heterocycles. The molecule has 1 saturated carbocycles. The third-order valence-electron chi connectivity index (χ3n) is 3.78. The fraction of sp³-hybridized carbons (Fsp3) is 0.500. The molecule has 0 spiro atoms. The molecule has 0 bridgehead atoms. The predicted octanol–water partition coefficient (Wildman–Crippen LogP) is 2.86. The van der Waals surface area contributed by atoms with Crippen LogP contribution < -0.4 is 10.6 Å². The highest BCUT2D eigenvalue weighted by Crippen LogP contribution is 2.36. The zero-order chi connectivity index (χ0) is 12.6. The largest absolute Gasteiger partial charge is 0.389 e. The zero-order valence-corrected chi connectivity index (χ0v) is 11.6. The second kappa shape index (κ2) is 4.65. The SMILES string of the molecule is Cc1cc(C(N)=S)ccc1N(C)C(C)C1CC1. The van der Waals surface area contributed by atoms with Crippen molar-refractivity contribution >= 4 is 22.9 Å². The van der Waals surface area contributed by atoms with Crippen molar-refractivity contribution in [2.75, 3.05) is 11.9 Å². The summed E-state index contributed by atoms with van der Waals surface area (Å²) in [5, 5.41) is 0. The van der Waals surface area contributed by atoms with Crippen LogP contribution in [0.5, 0.6) is 0 Å². The molecule has 1 unspecified atom stereocenters. The lowest BCUT2D eigenvalue weighted by atomic mass is 10.1. The number of nitrogens with zero attached hydrogens (tertiary/aromatic N) is 1. The van der Waals surface area contributed by atoms with Crippen molar-refractivity contribution in [3.63, 3.8) is 0 Å². The standard InChI is InChI=1S/C14H20N2S/c1-9-8-12(14(15)17)6-7-13(9)16(3)10(2)11-4-5-11/h6-8,10-11H,4-5H2,1-3H3,(H2,15,17). The van der Waals surface area contributed by atoms with Crippen LogP contribution in [0, 0.1) is 12.8 Å². The van der Waals surface area contributed by atoms with Gasteiger partial charge in [0.1, 0.15) is 4.99 Å². The minimum Gasteiger partial charge on any atom is -0.389 e. The topological polar surface area (TPSA) is 29.3 Å². The number of rotatable bonds is 4. The highest BCUT2D eigenvalue weighted by atomic mass is 32.1. The minimum absolute atomic E-state index is 0.470. The number of nitrogens with two attached hydrogens (primary N) is 1. The van der Waals surface area contributed by atoms with E-state index in [0.717, 1.165) is 11.5 Å². The Morgan fingerprint density at radius 2 is 2.12 bits per heavy atom. The van der Waals surface area contributed by atoms with Gasteiger partial charge in [-0.3, -0.25) is 0 Å². The van der Waals surface area contributed by atoms with Crippen molar-refractivity contribution in [2.45, 2.75) is 32.7 Å². The molecule has 92 valence electrons. The summed E-state index contributed by atoms with van der Waals surface area (Å²) in [4.78, 5) is 2.84. The van der Waals surface area contributed by atoms with Gasteiger partial charge >= 0.3 is 0 Å². The second-order valence-corrected chi connectivity index (χ2v) is 5.49. The Bertz CT molecular complexity index is 438. The monoisotopic (exact) mass is 248 g/mol. The van der Waals surface area contributed by atoms with Gasteiger partial charge in [0.15, 0.2) is 0 Å². The molecule has 0 amide bonds. The second-order valence-electron chi connectivity index (χ2n) is 5.05. The fourth-order valence-electron chi connectivity index (χ4n) is 2.32. The average molecular weight is 248 g/mol. The summed E-state index contributed by atoms with van der Waals surface area (Å²) in [5.74, 6) is 0.870. The first-order chi connectivity index (χ1) is 8.00. The van der Waals surface area contributed by atoms with E-state index in [4.69, 9.17) is 18.0 Å². The zero-order valence-electron chi connectivity index (χ0n) is 10.7. The summed E-state index contributed by atoms with van der Waals surface area (Å²) >= 11 is 5.00. The van der Waals surface area contributed by atoms with E-state index in [2.05, 4.69) is 37.9 Å². The Morgan fingerprint density at radius 3 is 2.59 bits per heavy atom. The maximum Gasteiger partial charge on any atom is 0.103 e. The van der Waals surface area contributed by atoms with Crippen LogP contribution in [0.4, 0.5) is 5.69 Å². The van der Waals surface area contributed by atoms with Gasteiger partial charge < -0.3 is 10.6 Å². The maximum absolute atomic E-state index is 5.64. The van der Waals surface area contributed by atoms with E-state index >= 15 is 0 Å². The van der Waals surface area contributed by atoms with Gasteiger partial charge in [-0.2, -0.15) is 0 Å². The summed E-state index contributed by atoms with van der Waals surface area (Å²) in [7, 11) is 2.17. The lowest BCUT2D eigenvalue weighted by molar-refractivity contribution is 0.608. The Kier molecular flexibility index (Phi) is 3.38. The first kappa shape index (κ1) is 12.4. The molecule has 1 aromatic carbocycles. The maximum atomic E-state index is 5.64. The van der Waals surface area contributed by atoms with E-state index in [9.17, 15) is 0 Å². The van der Waals surface area contributed by atoms with Gasteiger partial charge in [0.05, 0.1) is 0 Å². The molecule has 1 aromatic rings. The quantitative estimate of drug-likeness (QED) is 0.831. The van der Waals surface area contributed by atoms with Gasteiger partial charge in [-0.1, -0.05) is 12.2 Å². The number of aryl methyl sites for hydroxylation is 1. The van der Waals surface area contributed by atoms with E-state index in [1.165, 1.54) is 24.1 Å². The summed E-state index contributed by atoms with van der Waals surface area (Å²) in [6.45, 7) is 4.42. The smallest absolute Gasteiger partial charge is 0.103 e. The van der Waals surface area contributed by atoms with Crippen molar-refractivity contribution in [1.82, 2.24) is 0 Å². The van der Waals surface area contributed by atoms with E-state index in [1.54, 1.807) is 0 Å². The van der Waals surface area contributed by atoms with Crippen LogP contribution in [-0.2, 0) is 0 Å². The molecule has 1 atom stereocenters. The summed E-state index contributed by atoms with van der Waals surface area (Å²) in [6, 6.07) is 6.83. The van der Waals surface area contributed by atoms with Gasteiger partial charge in [-0.15, -0.1) is 0 Å². The van der Waals surface area contributed by atoms with Crippen LogP contribution in [-0.4, -0.2) is 18.1 Å². The summed E-state index contributed by atoms with van der Waals surface area (Å²) in [6.07, 6.45) is 2.74. The molecule has 0 radical (unpaired) electrons. The molecule has 2 nitrogen and oxygen atoms in total. The average Bonchev–Trinajstić information content (AvgIpc) is 3.10. The predicted molar refractivity (Wildman–Crippen MR) is 77.7 cm³/mol. The number of benzene rings is 1. The molecule has 0 saturated heterocycles. The molecular weight excluding hydrogens is 228 g/mol. The van der Waals surface area contributed by atoms with Gasteiger partial charge in [0, 0.05) is 24.3 Å². The van der Waals surface area contributed by atoms with Gasteiger partial charge in [-0.05, 0) is 56.4 Å². The molecule has 17 heavy (non-hydrogen) atoms. The van der Waals surface area contributed by atoms with Gasteiger partial charge in [0.2, 0.25) is 0 Å². The van der Waals surface area contributed by atoms with Crippen LogP contribution in [0.2, 0.25) is 0 Å². The van der Waals surface area contributed by atoms with Gasteiger partial charge in [0.25, 0.3) is 0 Å². The van der Waals surface area contributed by atoms with Crippen molar-refractivity contribution in [3.05, 3.63) is 29.3 Å². The lowest BCUT2D eigenvalue weighted by Gasteiger charge is -2.28. The molecule has 3 heteroatoms. The Hall–Kier alpha value is -1.09. The third-order valence-corrected chi connectivity index (χ3v) is 4.01. The molecule has 1 fully saturated rings. The minimum atomic E-state index is 0.470. The van der Waals surface area contributed by atoms with E-state index in [0.29, 0.717) is 11.0 Å². The van der Waals surface area contributed by atoms with Crippen LogP contribution in [0.25, 0.3) is 0 Å². The van der Waals surface area contributed by atoms with Crippen molar-refractivity contribution < 1.29 is 0 Å². The first-order valence-corrected chi connectivity index (χ1v) is 6.55. The molecule has 0 heterocycles. The Morgan fingerprint density at radius 1 is 1.47 bits per heavy atom. The van der Waals surface area contributed by atoms with E-state index < -0.39 is 0 Å². The van der Waals surface area contributed by atoms with Crippen LogP contribution in [0.1, 0.15) is 30.9 Å². The molecule has 0 aromatic heterocycles. The fourth-order valence-corrected chi connectivity index (χ4v) is 2.45. The number of hydrogen-bond acceptors (Lipinski definition) is 2. The summed E-state index contributed by atoms with van der Waals surface area (Å²) < 4.78 is 0. The third kappa shape index (κ3) is 2.60. The van der Waals surface area contributed by atoms with E-state index in [1.807, 2.05) is 6.07 Å². The number of thiocarbonyl (C=S) groups is 1. The molecule has 1 aliphatic carbocycles. The van der Waals surface area contributed by atoms with E-state index in [-0.39, 0.29) is 0 Å². The van der Waals surface area contributed by atoms with Crippen molar-refractivity contribution in [3.8, 4) is 0 Å². The van der Waals surface area contributed by atoms with Crippen LogP contribution in [0.3, 0.4) is 0 Å². The molecule has 2 rings (SSSR count). The molecule has 2 N–H and O–H groups in total. The Labute approximate surface area is 109 Å². The Balaban J connectivity index is 2.23. The lowest BCUT2D eigenvalue weighted by Crippen LogP contribution is -2.31. The first-order valence-electron chi connectivity index (χ1n) is 6.14. The van der Waals surface area contributed by atoms with Crippen LogP contribution in [0.15, 0.2) is 18.2 Å². The normalized spacial score (nSPS) is 16.6. The number of hydrogen-bond donors (Lipinski definition) is 1. The summed E-state index contributed by atoms with van der Waals surface area (Å²) in [5.41, 5.74) is 9.12. The van der Waals surface area contributed by atoms with Gasteiger partial charge in [-0.25, -0.2) is 0 Å². The molecule has 1 aliphatic rings. The molecular formula is C14H20N2S. The highest BCUT2D eigenvalue weighted by Gasteiger charge is 2.30. The van der Waals surface area contributed by atoms with Crippen molar-refractivity contribution in [1.29, 1.82) is 0 Å².